The van der Waals surface area contributed by atoms with Gasteiger partial charge in [-0.05, 0) is 38.2 Å². The van der Waals surface area contributed by atoms with E-state index in [-0.39, 0.29) is 5.41 Å². The first-order valence-corrected chi connectivity index (χ1v) is 9.13. The maximum atomic E-state index is 12.8. The van der Waals surface area contributed by atoms with Crippen LogP contribution in [0.15, 0.2) is 11.0 Å². The van der Waals surface area contributed by atoms with E-state index in [1.54, 1.807) is 6.07 Å². The fraction of sp³-hybridized carbons (Fsp3) is 0.714. The molecule has 0 spiro atoms. The van der Waals surface area contributed by atoms with E-state index in [0.717, 1.165) is 9.75 Å². The molecule has 0 aliphatic carbocycles. The highest BCUT2D eigenvalue weighted by Gasteiger charge is 2.36. The molecule has 0 unspecified atom stereocenters. The Kier molecular flexibility index (Phi) is 4.31. The maximum absolute atomic E-state index is 12.8. The van der Waals surface area contributed by atoms with E-state index in [1.165, 1.54) is 15.6 Å². The Bertz CT molecular complexity index is 590. The van der Waals surface area contributed by atoms with Crippen LogP contribution >= 0.6 is 11.3 Å². The Labute approximate surface area is 125 Å². The van der Waals surface area contributed by atoms with Crippen molar-refractivity contribution in [3.8, 4) is 0 Å². The summed E-state index contributed by atoms with van der Waals surface area (Å²) >= 11 is 1.51. The average molecular weight is 317 g/mol. The number of hydrogen-bond acceptors (Lipinski definition) is 4. The van der Waals surface area contributed by atoms with Gasteiger partial charge in [-0.2, -0.15) is 4.31 Å². The lowest BCUT2D eigenvalue weighted by Crippen LogP contribution is -2.37. The van der Waals surface area contributed by atoms with Gasteiger partial charge in [-0.3, -0.25) is 0 Å². The first-order valence-electron chi connectivity index (χ1n) is 6.87. The number of hydrogen-bond donors (Lipinski definition) is 1. The molecule has 1 saturated heterocycles. The summed E-state index contributed by atoms with van der Waals surface area (Å²) in [4.78, 5) is 2.27. The zero-order valence-corrected chi connectivity index (χ0v) is 14.1. The molecule has 0 aromatic carbocycles. The third-order valence-electron chi connectivity index (χ3n) is 3.72. The predicted molar refractivity (Wildman–Crippen MR) is 81.6 cm³/mol. The third-order valence-corrected chi connectivity index (χ3v) is 6.78. The SMILES string of the molecule is Cc1cc(S(=O)(=O)N2CC[C@H](O)CC(C)(C)C2)c(C)s1. The van der Waals surface area contributed by atoms with Crippen LogP contribution in [0.5, 0.6) is 0 Å². The monoisotopic (exact) mass is 317 g/mol. The highest BCUT2D eigenvalue weighted by atomic mass is 32.2. The van der Waals surface area contributed by atoms with E-state index in [2.05, 4.69) is 0 Å². The Morgan fingerprint density at radius 2 is 2.05 bits per heavy atom. The topological polar surface area (TPSA) is 57.6 Å². The average Bonchev–Trinajstić information content (AvgIpc) is 2.55. The molecule has 20 heavy (non-hydrogen) atoms. The molecule has 6 heteroatoms. The van der Waals surface area contributed by atoms with Crippen LogP contribution in [0.3, 0.4) is 0 Å². The highest BCUT2D eigenvalue weighted by Crippen LogP contribution is 2.33. The van der Waals surface area contributed by atoms with Crippen molar-refractivity contribution >= 4 is 21.4 Å². The van der Waals surface area contributed by atoms with Gasteiger partial charge in [0.15, 0.2) is 0 Å². The second-order valence-corrected chi connectivity index (χ2v) is 9.79. The summed E-state index contributed by atoms with van der Waals surface area (Å²) in [5.41, 5.74) is -0.206. The van der Waals surface area contributed by atoms with Gasteiger partial charge in [0.05, 0.1) is 11.0 Å². The van der Waals surface area contributed by atoms with E-state index >= 15 is 0 Å². The van der Waals surface area contributed by atoms with Crippen LogP contribution in [0.25, 0.3) is 0 Å². The van der Waals surface area contributed by atoms with Gasteiger partial charge in [-0.1, -0.05) is 13.8 Å². The van der Waals surface area contributed by atoms with Gasteiger partial charge < -0.3 is 5.11 Å². The molecule has 1 aromatic heterocycles. The number of aliphatic hydroxyl groups excluding tert-OH is 1. The largest absolute Gasteiger partial charge is 0.393 e. The second-order valence-electron chi connectivity index (χ2n) is 6.43. The quantitative estimate of drug-likeness (QED) is 0.912. The Hall–Kier alpha value is -0.430. The van der Waals surface area contributed by atoms with Gasteiger partial charge in [0.2, 0.25) is 10.0 Å². The second kappa shape index (κ2) is 5.40. The molecule has 1 atom stereocenters. The summed E-state index contributed by atoms with van der Waals surface area (Å²) in [6, 6.07) is 1.75. The minimum atomic E-state index is -3.46. The van der Waals surface area contributed by atoms with Crippen molar-refractivity contribution in [2.24, 2.45) is 5.41 Å². The molecule has 4 nitrogen and oxygen atoms in total. The van der Waals surface area contributed by atoms with Crippen molar-refractivity contribution in [1.82, 2.24) is 4.31 Å². The number of rotatable bonds is 2. The van der Waals surface area contributed by atoms with Crippen LogP contribution in [0.2, 0.25) is 0 Å². The molecule has 0 radical (unpaired) electrons. The Morgan fingerprint density at radius 1 is 1.40 bits per heavy atom. The van der Waals surface area contributed by atoms with Crippen molar-refractivity contribution in [2.45, 2.75) is 51.5 Å². The molecule has 1 N–H and O–H groups in total. The van der Waals surface area contributed by atoms with Gasteiger partial charge in [0, 0.05) is 22.8 Å². The number of thiophene rings is 1. The van der Waals surface area contributed by atoms with Crippen molar-refractivity contribution in [1.29, 1.82) is 0 Å². The zero-order valence-electron chi connectivity index (χ0n) is 12.5. The first kappa shape index (κ1) is 15.9. The lowest BCUT2D eigenvalue weighted by molar-refractivity contribution is 0.122. The summed E-state index contributed by atoms with van der Waals surface area (Å²) in [6.07, 6.45) is 0.724. The molecular formula is C14H23NO3S2. The molecule has 2 heterocycles. The Morgan fingerprint density at radius 3 is 2.60 bits per heavy atom. The van der Waals surface area contributed by atoms with Crippen LogP contribution in [0.4, 0.5) is 0 Å². The smallest absolute Gasteiger partial charge is 0.244 e. The molecule has 2 rings (SSSR count). The van der Waals surface area contributed by atoms with Gasteiger partial charge in [0.1, 0.15) is 0 Å². The molecule has 0 saturated carbocycles. The Balaban J connectivity index is 2.36. The first-order chi connectivity index (χ1) is 9.12. The molecule has 1 aromatic rings. The zero-order chi connectivity index (χ0) is 15.1. The maximum Gasteiger partial charge on any atom is 0.244 e. The third kappa shape index (κ3) is 3.24. The molecule has 1 aliphatic rings. The minimum Gasteiger partial charge on any atom is -0.393 e. The van der Waals surface area contributed by atoms with Crippen LogP contribution < -0.4 is 0 Å². The number of aliphatic hydroxyl groups is 1. The van der Waals surface area contributed by atoms with Crippen molar-refractivity contribution < 1.29 is 13.5 Å². The van der Waals surface area contributed by atoms with E-state index in [0.29, 0.717) is 30.8 Å². The van der Waals surface area contributed by atoms with Crippen LogP contribution in [-0.2, 0) is 10.0 Å². The van der Waals surface area contributed by atoms with Gasteiger partial charge in [-0.15, -0.1) is 11.3 Å². The fourth-order valence-corrected chi connectivity index (χ4v) is 6.03. The van der Waals surface area contributed by atoms with E-state index < -0.39 is 16.1 Å². The molecule has 1 fully saturated rings. The molecule has 0 bridgehead atoms. The van der Waals surface area contributed by atoms with Gasteiger partial charge in [0.25, 0.3) is 0 Å². The molecule has 0 amide bonds. The van der Waals surface area contributed by atoms with Crippen LogP contribution in [-0.4, -0.2) is 37.0 Å². The fourth-order valence-electron chi connectivity index (χ4n) is 2.86. The van der Waals surface area contributed by atoms with Gasteiger partial charge in [-0.25, -0.2) is 8.42 Å². The van der Waals surface area contributed by atoms with Crippen LogP contribution in [0, 0.1) is 19.3 Å². The lowest BCUT2D eigenvalue weighted by atomic mass is 9.87. The van der Waals surface area contributed by atoms with E-state index in [9.17, 15) is 13.5 Å². The molecular weight excluding hydrogens is 294 g/mol. The normalized spacial score (nSPS) is 24.6. The van der Waals surface area contributed by atoms with Crippen molar-refractivity contribution in [3.05, 3.63) is 15.8 Å². The summed E-state index contributed by atoms with van der Waals surface area (Å²) in [5.74, 6) is 0. The summed E-state index contributed by atoms with van der Waals surface area (Å²) in [5, 5.41) is 9.92. The van der Waals surface area contributed by atoms with Gasteiger partial charge >= 0.3 is 0 Å². The number of sulfonamides is 1. The number of nitrogens with zero attached hydrogens (tertiary/aromatic N) is 1. The summed E-state index contributed by atoms with van der Waals surface area (Å²) in [6.45, 7) is 8.64. The van der Waals surface area contributed by atoms with Crippen molar-refractivity contribution in [2.75, 3.05) is 13.1 Å². The standard InChI is InChI=1S/C14H23NO3S2/c1-10-7-13(11(2)19-10)20(17,18)15-6-5-12(16)8-14(3,4)9-15/h7,12,16H,5-6,8-9H2,1-4H3/t12-/m0/s1. The van der Waals surface area contributed by atoms with E-state index in [1.807, 2.05) is 27.7 Å². The number of aryl methyl sites for hydroxylation is 2. The molecule has 1 aliphatic heterocycles. The summed E-state index contributed by atoms with van der Waals surface area (Å²) < 4.78 is 27.2. The predicted octanol–water partition coefficient (Wildman–Crippen LogP) is 2.54. The van der Waals surface area contributed by atoms with Crippen LogP contribution in [0.1, 0.15) is 36.4 Å². The molecule has 114 valence electrons. The summed E-state index contributed by atoms with van der Waals surface area (Å²) in [7, 11) is -3.46. The lowest BCUT2D eigenvalue weighted by Gasteiger charge is -2.29. The van der Waals surface area contributed by atoms with E-state index in [4.69, 9.17) is 0 Å². The highest BCUT2D eigenvalue weighted by molar-refractivity contribution is 7.89. The van der Waals surface area contributed by atoms with Crippen molar-refractivity contribution in [3.63, 3.8) is 0 Å². The minimum absolute atomic E-state index is 0.206.